The molecular formula is C20H34IN5. The number of anilines is 1. The van der Waals surface area contributed by atoms with Crippen LogP contribution in [-0.4, -0.2) is 63.2 Å². The molecule has 0 saturated carbocycles. The molecule has 0 amide bonds. The number of halogens is 1. The van der Waals surface area contributed by atoms with Crippen LogP contribution >= 0.6 is 24.0 Å². The molecule has 2 atom stereocenters. The second-order valence-corrected chi connectivity index (χ2v) is 7.55. The first kappa shape index (κ1) is 21.3. The van der Waals surface area contributed by atoms with E-state index >= 15 is 0 Å². The van der Waals surface area contributed by atoms with Gasteiger partial charge in [-0.25, -0.2) is 0 Å². The number of nitrogens with zero attached hydrogens (tertiary/aromatic N) is 3. The zero-order valence-electron chi connectivity index (χ0n) is 16.4. The summed E-state index contributed by atoms with van der Waals surface area (Å²) in [7, 11) is 2.20. The minimum Gasteiger partial charge on any atom is -0.369 e. The molecular weight excluding hydrogens is 437 g/mol. The van der Waals surface area contributed by atoms with Crippen molar-refractivity contribution < 1.29 is 0 Å². The Morgan fingerprint density at radius 2 is 1.92 bits per heavy atom. The van der Waals surface area contributed by atoms with Crippen molar-refractivity contribution in [2.45, 2.75) is 32.7 Å². The standard InChI is InChI=1S/C20H33N5.HI/c1-4-21-20(22-13-17-9-11-24(3)14-17)23-18-10-12-25(15-18)19-7-5-16(2)6-8-19;/h5-8,17-18H,4,9-15H2,1-3H3,(H2,21,22,23);1H. The first-order valence-corrected chi connectivity index (χ1v) is 9.69. The minimum atomic E-state index is 0. The Balaban J connectivity index is 0.00000243. The fraction of sp³-hybridized carbons (Fsp3) is 0.650. The minimum absolute atomic E-state index is 0. The van der Waals surface area contributed by atoms with Crippen molar-refractivity contribution in [3.63, 3.8) is 0 Å². The van der Waals surface area contributed by atoms with E-state index in [4.69, 9.17) is 4.99 Å². The highest BCUT2D eigenvalue weighted by Crippen LogP contribution is 2.20. The topological polar surface area (TPSA) is 42.9 Å². The predicted octanol–water partition coefficient (Wildman–Crippen LogP) is 2.70. The van der Waals surface area contributed by atoms with Crippen LogP contribution in [0.2, 0.25) is 0 Å². The van der Waals surface area contributed by atoms with Gasteiger partial charge in [0.25, 0.3) is 0 Å². The summed E-state index contributed by atoms with van der Waals surface area (Å²) in [6.45, 7) is 10.6. The highest BCUT2D eigenvalue weighted by molar-refractivity contribution is 14.0. The van der Waals surface area contributed by atoms with Gasteiger partial charge >= 0.3 is 0 Å². The van der Waals surface area contributed by atoms with Gasteiger partial charge in [-0.05, 0) is 58.3 Å². The quantitative estimate of drug-likeness (QED) is 0.394. The second-order valence-electron chi connectivity index (χ2n) is 7.55. The van der Waals surface area contributed by atoms with Crippen LogP contribution in [0, 0.1) is 12.8 Å². The van der Waals surface area contributed by atoms with Crippen LogP contribution in [0.5, 0.6) is 0 Å². The maximum absolute atomic E-state index is 4.85. The predicted molar refractivity (Wildman–Crippen MR) is 122 cm³/mol. The van der Waals surface area contributed by atoms with E-state index in [0.717, 1.165) is 38.6 Å². The maximum Gasteiger partial charge on any atom is 0.191 e. The van der Waals surface area contributed by atoms with E-state index in [0.29, 0.717) is 12.0 Å². The van der Waals surface area contributed by atoms with Gasteiger partial charge in [0.2, 0.25) is 0 Å². The number of hydrogen-bond donors (Lipinski definition) is 2. The SMILES string of the molecule is CCNC(=NCC1CCN(C)C1)NC1CCN(c2ccc(C)cc2)C1.I. The van der Waals surface area contributed by atoms with Crippen LogP contribution in [-0.2, 0) is 0 Å². The Morgan fingerprint density at radius 3 is 2.58 bits per heavy atom. The Labute approximate surface area is 175 Å². The zero-order valence-corrected chi connectivity index (χ0v) is 18.7. The molecule has 0 bridgehead atoms. The van der Waals surface area contributed by atoms with Crippen LogP contribution in [0.15, 0.2) is 29.3 Å². The van der Waals surface area contributed by atoms with Crippen molar-refractivity contribution in [2.24, 2.45) is 10.9 Å². The van der Waals surface area contributed by atoms with Gasteiger partial charge in [0, 0.05) is 44.5 Å². The number of aliphatic imine (C=N–C) groups is 1. The summed E-state index contributed by atoms with van der Waals surface area (Å²) in [6.07, 6.45) is 2.43. The smallest absolute Gasteiger partial charge is 0.191 e. The largest absolute Gasteiger partial charge is 0.369 e. The van der Waals surface area contributed by atoms with Crippen molar-refractivity contribution >= 4 is 35.6 Å². The van der Waals surface area contributed by atoms with Gasteiger partial charge < -0.3 is 20.4 Å². The van der Waals surface area contributed by atoms with E-state index in [9.17, 15) is 0 Å². The number of likely N-dealkylation sites (tertiary alicyclic amines) is 1. The van der Waals surface area contributed by atoms with Crippen molar-refractivity contribution in [3.05, 3.63) is 29.8 Å². The summed E-state index contributed by atoms with van der Waals surface area (Å²) in [6, 6.07) is 9.31. The highest BCUT2D eigenvalue weighted by Gasteiger charge is 2.24. The molecule has 2 saturated heterocycles. The molecule has 6 heteroatoms. The summed E-state index contributed by atoms with van der Waals surface area (Å²) in [5, 5.41) is 7.06. The van der Waals surface area contributed by atoms with Crippen LogP contribution in [0.4, 0.5) is 5.69 Å². The Bertz CT molecular complexity index is 574. The number of hydrogen-bond acceptors (Lipinski definition) is 3. The van der Waals surface area contributed by atoms with Crippen molar-refractivity contribution in [3.8, 4) is 0 Å². The number of aryl methyl sites for hydroxylation is 1. The summed E-state index contributed by atoms with van der Waals surface area (Å²) in [5.74, 6) is 1.68. The van der Waals surface area contributed by atoms with E-state index in [1.54, 1.807) is 0 Å². The molecule has 0 aliphatic carbocycles. The van der Waals surface area contributed by atoms with Gasteiger partial charge in [0.1, 0.15) is 0 Å². The molecule has 146 valence electrons. The van der Waals surface area contributed by atoms with E-state index in [2.05, 4.69) is 65.6 Å². The van der Waals surface area contributed by atoms with E-state index in [1.165, 1.54) is 30.8 Å². The lowest BCUT2D eigenvalue weighted by atomic mass is 10.1. The fourth-order valence-corrected chi connectivity index (χ4v) is 3.78. The van der Waals surface area contributed by atoms with Crippen LogP contribution < -0.4 is 15.5 Å². The Morgan fingerprint density at radius 1 is 1.15 bits per heavy atom. The van der Waals surface area contributed by atoms with E-state index in [-0.39, 0.29) is 24.0 Å². The average Bonchev–Trinajstić information content (AvgIpc) is 3.23. The third-order valence-corrected chi connectivity index (χ3v) is 5.27. The molecule has 0 spiro atoms. The Kier molecular flexibility index (Phi) is 8.47. The van der Waals surface area contributed by atoms with Crippen molar-refractivity contribution in [2.75, 3.05) is 51.2 Å². The maximum atomic E-state index is 4.85. The van der Waals surface area contributed by atoms with E-state index < -0.39 is 0 Å². The highest BCUT2D eigenvalue weighted by atomic mass is 127. The van der Waals surface area contributed by atoms with Crippen LogP contribution in [0.1, 0.15) is 25.3 Å². The molecule has 2 heterocycles. The molecule has 1 aromatic carbocycles. The lowest BCUT2D eigenvalue weighted by molar-refractivity contribution is 0.397. The zero-order chi connectivity index (χ0) is 17.6. The fourth-order valence-electron chi connectivity index (χ4n) is 3.78. The van der Waals surface area contributed by atoms with Gasteiger partial charge in [0.15, 0.2) is 5.96 Å². The lowest BCUT2D eigenvalue weighted by Gasteiger charge is -2.21. The first-order valence-electron chi connectivity index (χ1n) is 9.69. The monoisotopic (exact) mass is 471 g/mol. The summed E-state index contributed by atoms with van der Waals surface area (Å²) in [4.78, 5) is 9.72. The average molecular weight is 471 g/mol. The normalized spacial score (nSPS) is 23.8. The molecule has 2 aliphatic rings. The molecule has 26 heavy (non-hydrogen) atoms. The van der Waals surface area contributed by atoms with Gasteiger partial charge in [-0.2, -0.15) is 0 Å². The van der Waals surface area contributed by atoms with Crippen molar-refractivity contribution in [1.82, 2.24) is 15.5 Å². The van der Waals surface area contributed by atoms with Gasteiger partial charge in [-0.3, -0.25) is 4.99 Å². The molecule has 0 aromatic heterocycles. The van der Waals surface area contributed by atoms with Crippen molar-refractivity contribution in [1.29, 1.82) is 0 Å². The third kappa shape index (κ3) is 6.01. The van der Waals surface area contributed by atoms with Crippen LogP contribution in [0.25, 0.3) is 0 Å². The molecule has 5 nitrogen and oxygen atoms in total. The second kappa shape index (κ2) is 10.3. The summed E-state index contributed by atoms with van der Waals surface area (Å²) >= 11 is 0. The molecule has 2 aliphatic heterocycles. The molecule has 2 fully saturated rings. The third-order valence-electron chi connectivity index (χ3n) is 5.27. The van der Waals surface area contributed by atoms with Gasteiger partial charge in [-0.15, -0.1) is 24.0 Å². The molecule has 1 aromatic rings. The summed E-state index contributed by atoms with van der Waals surface area (Å²) < 4.78 is 0. The number of rotatable bonds is 5. The molecule has 3 rings (SSSR count). The lowest BCUT2D eigenvalue weighted by Crippen LogP contribution is -2.44. The number of nitrogens with one attached hydrogen (secondary N) is 2. The van der Waals surface area contributed by atoms with Gasteiger partial charge in [0.05, 0.1) is 0 Å². The molecule has 2 N–H and O–H groups in total. The van der Waals surface area contributed by atoms with Gasteiger partial charge in [-0.1, -0.05) is 17.7 Å². The van der Waals surface area contributed by atoms with Crippen LogP contribution in [0.3, 0.4) is 0 Å². The number of benzene rings is 1. The Hall–Kier alpha value is -1.02. The molecule has 2 unspecified atom stereocenters. The van der Waals surface area contributed by atoms with E-state index in [1.807, 2.05) is 0 Å². The number of guanidine groups is 1. The first-order chi connectivity index (χ1) is 12.1. The summed E-state index contributed by atoms with van der Waals surface area (Å²) in [5.41, 5.74) is 2.64. The molecule has 0 radical (unpaired) electrons.